The molecule has 1 aromatic rings. The molecule has 1 aliphatic rings. The summed E-state index contributed by atoms with van der Waals surface area (Å²) in [6, 6.07) is 6.07. The smallest absolute Gasteiger partial charge is 0.241 e. The lowest BCUT2D eigenvalue weighted by Crippen LogP contribution is -2.53. The van der Waals surface area contributed by atoms with Gasteiger partial charge < -0.3 is 5.11 Å². The highest BCUT2D eigenvalue weighted by molar-refractivity contribution is 7.89. The number of sulfonamides is 1. The fraction of sp³-hybridized carbons (Fsp3) is 0.500. The fourth-order valence-electron chi connectivity index (χ4n) is 2.18. The molecule has 2 rings (SSSR count). The molecular weight excluding hydrogens is 274 g/mol. The van der Waals surface area contributed by atoms with Crippen LogP contribution in [0.5, 0.6) is 0 Å². The van der Waals surface area contributed by atoms with E-state index in [0.29, 0.717) is 11.4 Å². The second-order valence-electron chi connectivity index (χ2n) is 4.67. The first-order valence-electron chi connectivity index (χ1n) is 5.88. The molecule has 0 amide bonds. The molecule has 18 heavy (non-hydrogen) atoms. The molecular formula is C12H16ClNO3S. The molecule has 2 N–H and O–H groups in total. The van der Waals surface area contributed by atoms with Crippen molar-refractivity contribution in [2.45, 2.75) is 36.1 Å². The molecule has 0 unspecified atom stereocenters. The zero-order chi connectivity index (χ0) is 13.2. The molecule has 1 aromatic carbocycles. The Morgan fingerprint density at radius 2 is 1.89 bits per heavy atom. The van der Waals surface area contributed by atoms with E-state index in [1.807, 2.05) is 0 Å². The van der Waals surface area contributed by atoms with Crippen molar-refractivity contribution < 1.29 is 13.5 Å². The van der Waals surface area contributed by atoms with Gasteiger partial charge in [-0.25, -0.2) is 13.1 Å². The Labute approximate surface area is 112 Å². The summed E-state index contributed by atoms with van der Waals surface area (Å²) in [5.41, 5.74) is -0.465. The number of benzene rings is 1. The van der Waals surface area contributed by atoms with Crippen molar-refractivity contribution in [2.75, 3.05) is 6.61 Å². The molecule has 0 radical (unpaired) electrons. The lowest BCUT2D eigenvalue weighted by molar-refractivity contribution is 0.156. The summed E-state index contributed by atoms with van der Waals surface area (Å²) in [5.74, 6) is 0. The van der Waals surface area contributed by atoms with Crippen molar-refractivity contribution in [3.05, 3.63) is 29.3 Å². The van der Waals surface area contributed by atoms with Crippen LogP contribution in [-0.4, -0.2) is 25.7 Å². The average molecular weight is 290 g/mol. The molecule has 0 spiro atoms. The number of halogens is 1. The Balaban J connectivity index is 2.19. The van der Waals surface area contributed by atoms with Crippen molar-refractivity contribution in [1.29, 1.82) is 0 Å². The van der Waals surface area contributed by atoms with E-state index in [9.17, 15) is 8.42 Å². The topological polar surface area (TPSA) is 66.4 Å². The average Bonchev–Trinajstić information content (AvgIpc) is 2.26. The van der Waals surface area contributed by atoms with Crippen LogP contribution in [0.2, 0.25) is 5.02 Å². The molecule has 4 nitrogen and oxygen atoms in total. The van der Waals surface area contributed by atoms with Gasteiger partial charge in [0.2, 0.25) is 10.0 Å². The summed E-state index contributed by atoms with van der Waals surface area (Å²) in [4.78, 5) is 0.205. The molecule has 6 heteroatoms. The highest BCUT2D eigenvalue weighted by Crippen LogP contribution is 2.36. The standard InChI is InChI=1S/C12H16ClNO3S/c13-10-2-4-11(5-3-10)18(16,17)14-12(8-9-15)6-1-7-12/h2-5,14-15H,1,6-9H2. The minimum absolute atomic E-state index is 0.0108. The van der Waals surface area contributed by atoms with Crippen LogP contribution in [0, 0.1) is 0 Å². The summed E-state index contributed by atoms with van der Waals surface area (Å²) < 4.78 is 27.1. The second-order valence-corrected chi connectivity index (χ2v) is 6.79. The number of rotatable bonds is 5. The van der Waals surface area contributed by atoms with E-state index in [4.69, 9.17) is 16.7 Å². The summed E-state index contributed by atoms with van der Waals surface area (Å²) in [6.07, 6.45) is 3.00. The van der Waals surface area contributed by atoms with Crippen LogP contribution >= 0.6 is 11.6 Å². The third kappa shape index (κ3) is 2.85. The molecule has 0 aromatic heterocycles. The van der Waals surface area contributed by atoms with Gasteiger partial charge in [0.1, 0.15) is 0 Å². The Hall–Kier alpha value is -0.620. The lowest BCUT2D eigenvalue weighted by Gasteiger charge is -2.41. The number of hydrogen-bond donors (Lipinski definition) is 2. The van der Waals surface area contributed by atoms with Gasteiger partial charge in [0.15, 0.2) is 0 Å². The highest BCUT2D eigenvalue weighted by atomic mass is 35.5. The van der Waals surface area contributed by atoms with E-state index in [0.717, 1.165) is 19.3 Å². The van der Waals surface area contributed by atoms with Crippen LogP contribution in [0.1, 0.15) is 25.7 Å². The summed E-state index contributed by atoms with van der Waals surface area (Å²) in [5, 5.41) is 9.52. The molecule has 0 heterocycles. The van der Waals surface area contributed by atoms with Gasteiger partial charge in [0.05, 0.1) is 4.90 Å². The SMILES string of the molecule is O=S(=O)(NC1(CCO)CCC1)c1ccc(Cl)cc1. The molecule has 1 fully saturated rings. The molecule has 0 bridgehead atoms. The maximum absolute atomic E-state index is 12.2. The van der Waals surface area contributed by atoms with Crippen molar-refractivity contribution in [2.24, 2.45) is 0 Å². The van der Waals surface area contributed by atoms with Gasteiger partial charge in [-0.2, -0.15) is 0 Å². The number of aliphatic hydroxyl groups excluding tert-OH is 1. The van der Waals surface area contributed by atoms with Crippen LogP contribution < -0.4 is 4.72 Å². The Morgan fingerprint density at radius 3 is 2.33 bits per heavy atom. The van der Waals surface area contributed by atoms with Crippen molar-refractivity contribution in [1.82, 2.24) is 4.72 Å². The molecule has 0 atom stereocenters. The monoisotopic (exact) mass is 289 g/mol. The van der Waals surface area contributed by atoms with Gasteiger partial charge in [0.25, 0.3) is 0 Å². The molecule has 1 aliphatic carbocycles. The van der Waals surface area contributed by atoms with E-state index >= 15 is 0 Å². The largest absolute Gasteiger partial charge is 0.396 e. The number of hydrogen-bond acceptors (Lipinski definition) is 3. The van der Waals surface area contributed by atoms with Gasteiger partial charge >= 0.3 is 0 Å². The molecule has 0 saturated heterocycles. The van der Waals surface area contributed by atoms with Gasteiger partial charge in [-0.05, 0) is 49.9 Å². The Kier molecular flexibility index (Phi) is 3.96. The van der Waals surface area contributed by atoms with Gasteiger partial charge in [-0.3, -0.25) is 0 Å². The van der Waals surface area contributed by atoms with Crippen LogP contribution in [0.3, 0.4) is 0 Å². The van der Waals surface area contributed by atoms with E-state index < -0.39 is 15.6 Å². The van der Waals surface area contributed by atoms with Gasteiger partial charge in [-0.1, -0.05) is 11.6 Å². The highest BCUT2D eigenvalue weighted by Gasteiger charge is 2.40. The number of aliphatic hydroxyl groups is 1. The molecule has 0 aliphatic heterocycles. The minimum atomic E-state index is -3.54. The van der Waals surface area contributed by atoms with Crippen LogP contribution in [0.15, 0.2) is 29.2 Å². The first-order valence-corrected chi connectivity index (χ1v) is 7.74. The quantitative estimate of drug-likeness (QED) is 0.870. The van der Waals surface area contributed by atoms with E-state index in [1.165, 1.54) is 12.1 Å². The molecule has 1 saturated carbocycles. The first kappa shape index (κ1) is 13.8. The molecule has 100 valence electrons. The van der Waals surface area contributed by atoms with E-state index in [1.54, 1.807) is 12.1 Å². The maximum atomic E-state index is 12.2. The lowest BCUT2D eigenvalue weighted by atomic mass is 9.75. The normalized spacial score (nSPS) is 18.3. The van der Waals surface area contributed by atoms with Crippen molar-refractivity contribution >= 4 is 21.6 Å². The minimum Gasteiger partial charge on any atom is -0.396 e. The van der Waals surface area contributed by atoms with Gasteiger partial charge in [0, 0.05) is 17.2 Å². The van der Waals surface area contributed by atoms with E-state index in [2.05, 4.69) is 4.72 Å². The van der Waals surface area contributed by atoms with Crippen LogP contribution in [-0.2, 0) is 10.0 Å². The van der Waals surface area contributed by atoms with Crippen molar-refractivity contribution in [3.8, 4) is 0 Å². The predicted molar refractivity (Wildman–Crippen MR) is 70.1 cm³/mol. The second kappa shape index (κ2) is 5.17. The first-order chi connectivity index (χ1) is 8.47. The summed E-state index contributed by atoms with van der Waals surface area (Å²) >= 11 is 5.73. The number of nitrogens with one attached hydrogen (secondary N) is 1. The van der Waals surface area contributed by atoms with Crippen LogP contribution in [0.4, 0.5) is 0 Å². The fourth-order valence-corrected chi connectivity index (χ4v) is 3.79. The maximum Gasteiger partial charge on any atom is 0.241 e. The van der Waals surface area contributed by atoms with E-state index in [-0.39, 0.29) is 11.5 Å². The Morgan fingerprint density at radius 1 is 1.28 bits per heavy atom. The third-order valence-electron chi connectivity index (χ3n) is 3.38. The van der Waals surface area contributed by atoms with Gasteiger partial charge in [-0.15, -0.1) is 0 Å². The van der Waals surface area contributed by atoms with Crippen molar-refractivity contribution in [3.63, 3.8) is 0 Å². The summed E-state index contributed by atoms with van der Waals surface area (Å²) in [7, 11) is -3.54. The summed E-state index contributed by atoms with van der Waals surface area (Å²) in [6.45, 7) is -0.0108. The Bertz CT molecular complexity index is 509. The zero-order valence-electron chi connectivity index (χ0n) is 9.89. The van der Waals surface area contributed by atoms with Crippen LogP contribution in [0.25, 0.3) is 0 Å². The third-order valence-corrected chi connectivity index (χ3v) is 5.22. The zero-order valence-corrected chi connectivity index (χ0v) is 11.5. The predicted octanol–water partition coefficient (Wildman–Crippen LogP) is 1.92.